The second-order valence-electron chi connectivity index (χ2n) is 5.89. The van der Waals surface area contributed by atoms with E-state index >= 15 is 0 Å². The number of esters is 1. The van der Waals surface area contributed by atoms with Crippen LogP contribution in [0.5, 0.6) is 11.5 Å². The average molecular weight is 399 g/mol. The first-order valence-electron chi connectivity index (χ1n) is 8.57. The molecular weight excluding hydrogens is 378 g/mol. The predicted octanol–water partition coefficient (Wildman–Crippen LogP) is 4.33. The number of benzene rings is 2. The summed E-state index contributed by atoms with van der Waals surface area (Å²) in [5.74, 6) is 0.872. The zero-order valence-corrected chi connectivity index (χ0v) is 16.7. The van der Waals surface area contributed by atoms with Crippen molar-refractivity contribution in [2.24, 2.45) is 0 Å². The third kappa shape index (κ3) is 4.49. The summed E-state index contributed by atoms with van der Waals surface area (Å²) in [6, 6.07) is 12.8. The lowest BCUT2D eigenvalue weighted by Gasteiger charge is -2.10. The fraction of sp³-hybridized carbons (Fsp3) is 0.238. The summed E-state index contributed by atoms with van der Waals surface area (Å²) in [5.41, 5.74) is 2.99. The Balaban J connectivity index is 1.67. The van der Waals surface area contributed by atoms with E-state index in [4.69, 9.17) is 18.9 Å². The summed E-state index contributed by atoms with van der Waals surface area (Å²) >= 11 is 1.45. The Kier molecular flexibility index (Phi) is 6.62. The Morgan fingerprint density at radius 2 is 1.79 bits per heavy atom. The standard InChI is InChI=1S/C21H21NO5S/c1-24-11-14-7-9-15(10-8-14)21(23)27-12-16-13-28-20(22-16)17-5-4-6-18(25-2)19(17)26-3/h4-10,13H,11-12H2,1-3H3. The van der Waals surface area contributed by atoms with Crippen LogP contribution in [0.2, 0.25) is 0 Å². The number of thiazole rings is 1. The molecule has 0 saturated carbocycles. The topological polar surface area (TPSA) is 66.9 Å². The Labute approximate surface area is 167 Å². The van der Waals surface area contributed by atoms with Gasteiger partial charge in [0.2, 0.25) is 0 Å². The Morgan fingerprint density at radius 3 is 2.46 bits per heavy atom. The van der Waals surface area contributed by atoms with Gasteiger partial charge < -0.3 is 18.9 Å². The molecule has 28 heavy (non-hydrogen) atoms. The number of rotatable bonds is 8. The minimum Gasteiger partial charge on any atom is -0.493 e. The van der Waals surface area contributed by atoms with Crippen molar-refractivity contribution in [2.45, 2.75) is 13.2 Å². The van der Waals surface area contributed by atoms with E-state index in [0.717, 1.165) is 16.1 Å². The van der Waals surface area contributed by atoms with E-state index in [1.54, 1.807) is 33.5 Å². The lowest BCUT2D eigenvalue weighted by Crippen LogP contribution is -2.05. The highest BCUT2D eigenvalue weighted by Gasteiger charge is 2.15. The van der Waals surface area contributed by atoms with Gasteiger partial charge >= 0.3 is 5.97 Å². The van der Waals surface area contributed by atoms with Gasteiger partial charge in [-0.3, -0.25) is 0 Å². The van der Waals surface area contributed by atoms with Crippen molar-refractivity contribution in [2.75, 3.05) is 21.3 Å². The molecule has 0 fully saturated rings. The lowest BCUT2D eigenvalue weighted by atomic mass is 10.1. The molecule has 0 radical (unpaired) electrons. The highest BCUT2D eigenvalue weighted by molar-refractivity contribution is 7.13. The van der Waals surface area contributed by atoms with Crippen molar-refractivity contribution >= 4 is 17.3 Å². The minimum atomic E-state index is -0.391. The molecule has 0 N–H and O–H groups in total. The van der Waals surface area contributed by atoms with Crippen molar-refractivity contribution in [3.63, 3.8) is 0 Å². The first-order chi connectivity index (χ1) is 13.7. The van der Waals surface area contributed by atoms with Gasteiger partial charge in [-0.05, 0) is 29.8 Å². The number of aromatic nitrogens is 1. The van der Waals surface area contributed by atoms with E-state index in [0.29, 0.717) is 29.4 Å². The van der Waals surface area contributed by atoms with Crippen LogP contribution in [0.15, 0.2) is 47.8 Å². The van der Waals surface area contributed by atoms with Gasteiger partial charge in [0.25, 0.3) is 0 Å². The molecule has 0 saturated heterocycles. The molecule has 0 aliphatic rings. The number of nitrogens with zero attached hydrogens (tertiary/aromatic N) is 1. The molecule has 0 aliphatic carbocycles. The molecule has 1 heterocycles. The lowest BCUT2D eigenvalue weighted by molar-refractivity contribution is 0.0468. The third-order valence-corrected chi connectivity index (χ3v) is 4.96. The SMILES string of the molecule is COCc1ccc(C(=O)OCc2csc(-c3cccc(OC)c3OC)n2)cc1. The van der Waals surface area contributed by atoms with Crippen LogP contribution >= 0.6 is 11.3 Å². The number of hydrogen-bond donors (Lipinski definition) is 0. The number of ether oxygens (including phenoxy) is 4. The first-order valence-corrected chi connectivity index (χ1v) is 9.45. The summed E-state index contributed by atoms with van der Waals surface area (Å²) in [6.07, 6.45) is 0. The molecule has 3 rings (SSSR count). The van der Waals surface area contributed by atoms with Gasteiger partial charge in [-0.1, -0.05) is 18.2 Å². The minimum absolute atomic E-state index is 0.0987. The molecule has 7 heteroatoms. The summed E-state index contributed by atoms with van der Waals surface area (Å²) in [4.78, 5) is 16.8. The van der Waals surface area contributed by atoms with E-state index in [1.807, 2.05) is 35.7 Å². The number of para-hydroxylation sites is 1. The highest BCUT2D eigenvalue weighted by atomic mass is 32.1. The van der Waals surface area contributed by atoms with Crippen LogP contribution < -0.4 is 9.47 Å². The molecule has 0 aliphatic heterocycles. The van der Waals surface area contributed by atoms with Gasteiger partial charge in [-0.15, -0.1) is 11.3 Å². The average Bonchev–Trinajstić information content (AvgIpc) is 3.21. The Bertz CT molecular complexity index is 936. The van der Waals surface area contributed by atoms with Gasteiger partial charge in [0.15, 0.2) is 11.5 Å². The highest BCUT2D eigenvalue weighted by Crippen LogP contribution is 2.39. The smallest absolute Gasteiger partial charge is 0.338 e. The molecule has 0 bridgehead atoms. The number of carbonyl (C=O) groups excluding carboxylic acids is 1. The van der Waals surface area contributed by atoms with E-state index in [2.05, 4.69) is 4.98 Å². The summed E-state index contributed by atoms with van der Waals surface area (Å²) < 4.78 is 21.2. The largest absolute Gasteiger partial charge is 0.493 e. The summed E-state index contributed by atoms with van der Waals surface area (Å²) in [6.45, 7) is 0.603. The zero-order chi connectivity index (χ0) is 19.9. The fourth-order valence-electron chi connectivity index (χ4n) is 2.68. The number of carbonyl (C=O) groups is 1. The van der Waals surface area contributed by atoms with Gasteiger partial charge in [0, 0.05) is 12.5 Å². The van der Waals surface area contributed by atoms with Gasteiger partial charge in [-0.2, -0.15) is 0 Å². The van der Waals surface area contributed by atoms with Crippen LogP contribution in [0.1, 0.15) is 21.6 Å². The molecule has 0 unspecified atom stereocenters. The predicted molar refractivity (Wildman–Crippen MR) is 107 cm³/mol. The van der Waals surface area contributed by atoms with Crippen molar-refractivity contribution in [1.29, 1.82) is 0 Å². The monoisotopic (exact) mass is 399 g/mol. The second-order valence-corrected chi connectivity index (χ2v) is 6.75. The van der Waals surface area contributed by atoms with Crippen molar-refractivity contribution < 1.29 is 23.7 Å². The van der Waals surface area contributed by atoms with Gasteiger partial charge in [0.05, 0.1) is 37.6 Å². The summed E-state index contributed by atoms with van der Waals surface area (Å²) in [5, 5.41) is 2.63. The maximum Gasteiger partial charge on any atom is 0.338 e. The molecule has 2 aromatic carbocycles. The Morgan fingerprint density at radius 1 is 1.00 bits per heavy atom. The molecule has 0 amide bonds. The van der Waals surface area contributed by atoms with Gasteiger partial charge in [-0.25, -0.2) is 9.78 Å². The quantitative estimate of drug-likeness (QED) is 0.525. The number of hydrogen-bond acceptors (Lipinski definition) is 7. The molecule has 146 valence electrons. The van der Waals surface area contributed by atoms with Crippen molar-refractivity contribution in [3.05, 3.63) is 64.7 Å². The van der Waals surface area contributed by atoms with Crippen LogP contribution in [0.25, 0.3) is 10.6 Å². The van der Waals surface area contributed by atoms with Crippen molar-refractivity contribution in [1.82, 2.24) is 4.98 Å². The van der Waals surface area contributed by atoms with E-state index in [9.17, 15) is 4.79 Å². The first kappa shape index (κ1) is 19.9. The molecule has 1 aromatic heterocycles. The van der Waals surface area contributed by atoms with E-state index in [1.165, 1.54) is 11.3 Å². The van der Waals surface area contributed by atoms with Crippen LogP contribution in [0.4, 0.5) is 0 Å². The van der Waals surface area contributed by atoms with E-state index in [-0.39, 0.29) is 6.61 Å². The second kappa shape index (κ2) is 9.34. The van der Waals surface area contributed by atoms with Crippen LogP contribution in [-0.2, 0) is 22.7 Å². The maximum absolute atomic E-state index is 12.2. The molecule has 3 aromatic rings. The molecule has 0 atom stereocenters. The maximum atomic E-state index is 12.2. The molecule has 0 spiro atoms. The fourth-order valence-corrected chi connectivity index (χ4v) is 3.51. The number of methoxy groups -OCH3 is 3. The molecule has 6 nitrogen and oxygen atoms in total. The molecular formula is C21H21NO5S. The third-order valence-electron chi connectivity index (χ3n) is 4.04. The summed E-state index contributed by atoms with van der Waals surface area (Å²) in [7, 11) is 4.82. The Hall–Kier alpha value is -2.90. The van der Waals surface area contributed by atoms with Crippen LogP contribution in [-0.4, -0.2) is 32.3 Å². The van der Waals surface area contributed by atoms with Crippen LogP contribution in [0.3, 0.4) is 0 Å². The zero-order valence-electron chi connectivity index (χ0n) is 15.9. The van der Waals surface area contributed by atoms with Gasteiger partial charge in [0.1, 0.15) is 11.6 Å². The normalized spacial score (nSPS) is 10.5. The van der Waals surface area contributed by atoms with E-state index < -0.39 is 5.97 Å². The van der Waals surface area contributed by atoms with Crippen LogP contribution in [0, 0.1) is 0 Å². The van der Waals surface area contributed by atoms with Crippen molar-refractivity contribution in [3.8, 4) is 22.1 Å².